The summed E-state index contributed by atoms with van der Waals surface area (Å²) in [5.41, 5.74) is 4.68. The van der Waals surface area contributed by atoms with Crippen molar-refractivity contribution in [3.63, 3.8) is 0 Å². The van der Waals surface area contributed by atoms with Crippen molar-refractivity contribution in [2.24, 2.45) is 0 Å². The molecule has 5 rings (SSSR count). The predicted molar refractivity (Wildman–Crippen MR) is 213 cm³/mol. The minimum atomic E-state index is -4.69. The highest BCUT2D eigenvalue weighted by Gasteiger charge is 2.82. The number of likely N-dealkylation sites (N-methyl/N-ethyl adjacent to an activating group) is 1. The molecule has 308 valence electrons. The molecule has 0 amide bonds. The zero-order valence-corrected chi connectivity index (χ0v) is 34.2. The first kappa shape index (κ1) is 43.7. The number of rotatable bonds is 28. The van der Waals surface area contributed by atoms with E-state index >= 15 is 0 Å². The van der Waals surface area contributed by atoms with E-state index in [0.717, 1.165) is 18.4 Å². The van der Waals surface area contributed by atoms with E-state index in [1.807, 2.05) is 42.3 Å². The zero-order valence-electron chi connectivity index (χ0n) is 33.3. The third kappa shape index (κ3) is 11.6. The summed E-state index contributed by atoms with van der Waals surface area (Å²) >= 11 is 0. The van der Waals surface area contributed by atoms with Gasteiger partial charge in [0.25, 0.3) is 0 Å². The molecule has 0 radical (unpaired) electrons. The molecule has 2 aromatic heterocycles. The van der Waals surface area contributed by atoms with Crippen molar-refractivity contribution < 1.29 is 38.2 Å². The quantitative estimate of drug-likeness (QED) is 0.0428. The van der Waals surface area contributed by atoms with Gasteiger partial charge in [-0.2, -0.15) is 5.10 Å². The summed E-state index contributed by atoms with van der Waals surface area (Å²) in [7, 11) is -2.77. The summed E-state index contributed by atoms with van der Waals surface area (Å²) in [6.45, 7) is 5.22. The Labute approximate surface area is 327 Å². The number of unbranched alkanes of at least 4 members (excludes halogenated alkanes) is 15. The van der Waals surface area contributed by atoms with Crippen LogP contribution in [0.3, 0.4) is 0 Å². The van der Waals surface area contributed by atoms with E-state index in [0.29, 0.717) is 31.0 Å². The number of fused-ring (bicyclic) bond motifs is 2. The van der Waals surface area contributed by atoms with Crippen LogP contribution in [0.15, 0.2) is 48.8 Å². The van der Waals surface area contributed by atoms with Gasteiger partial charge in [0.15, 0.2) is 11.4 Å². The molecule has 0 spiro atoms. The number of phosphoric ester groups is 1. The number of aromatic nitrogens is 3. The lowest BCUT2D eigenvalue weighted by molar-refractivity contribution is -0.126. The Morgan fingerprint density at radius 1 is 0.927 bits per heavy atom. The number of anilines is 1. The topological polar surface area (TPSA) is 174 Å². The van der Waals surface area contributed by atoms with Gasteiger partial charge in [0.1, 0.15) is 35.8 Å². The summed E-state index contributed by atoms with van der Waals surface area (Å²) < 4.78 is 37.9. The van der Waals surface area contributed by atoms with Gasteiger partial charge < -0.3 is 30.3 Å². The molecule has 2 unspecified atom stereocenters. The first-order chi connectivity index (χ1) is 26.5. The zero-order chi connectivity index (χ0) is 39.3. The Balaban J connectivity index is 1.01. The first-order valence-electron chi connectivity index (χ1n) is 20.7. The summed E-state index contributed by atoms with van der Waals surface area (Å²) in [5, 5.41) is 26.9. The summed E-state index contributed by atoms with van der Waals surface area (Å²) in [6.07, 6.45) is 18.4. The Kier molecular flexibility index (Phi) is 16.5. The molecule has 1 saturated carbocycles. The van der Waals surface area contributed by atoms with Crippen molar-refractivity contribution in [3.8, 4) is 0 Å². The van der Waals surface area contributed by atoms with E-state index in [1.165, 1.54) is 101 Å². The van der Waals surface area contributed by atoms with E-state index in [1.54, 1.807) is 19.1 Å². The van der Waals surface area contributed by atoms with Gasteiger partial charge in [0.2, 0.25) is 0 Å². The van der Waals surface area contributed by atoms with Gasteiger partial charge in [0.05, 0.1) is 24.9 Å². The molecule has 1 aliphatic carbocycles. The van der Waals surface area contributed by atoms with Gasteiger partial charge in [-0.3, -0.25) is 13.9 Å². The van der Waals surface area contributed by atoms with Gasteiger partial charge in [-0.25, -0.2) is 14.1 Å². The Bertz CT molecular complexity index is 1630. The molecular weight excluding hydrogens is 721 g/mol. The fourth-order valence-corrected chi connectivity index (χ4v) is 8.85. The van der Waals surface area contributed by atoms with Crippen LogP contribution in [-0.4, -0.2) is 91.4 Å². The molecule has 13 nitrogen and oxygen atoms in total. The number of aliphatic hydroxyl groups is 2. The van der Waals surface area contributed by atoms with E-state index < -0.39 is 37.3 Å². The molecule has 0 bridgehead atoms. The van der Waals surface area contributed by atoms with Gasteiger partial charge in [-0.15, -0.1) is 0 Å². The second-order valence-electron chi connectivity index (χ2n) is 15.8. The van der Waals surface area contributed by atoms with Gasteiger partial charge in [0, 0.05) is 13.2 Å². The standard InChI is InChI=1S/C41H66N5O8P/c1-4-5-6-7-8-9-10-11-12-13-14-15-16-17-18-22-27-51-29-33(45(3)28-32-23-20-19-21-24-32)30-52-55(49,50)54-37-36-41(37,48)39(47)40(2,53-36)35-26-25-34-38(42)43-31-44-46(34)35/h19-21,23-26,31,33,36-37,39,47-48H,4-18,22,27-30H2,1-3H3,(H,49,50)(H2,42,43,44)/t33-,36-,37?,39+,40+,41+/m1/s1. The van der Waals surface area contributed by atoms with E-state index in [-0.39, 0.29) is 18.5 Å². The van der Waals surface area contributed by atoms with E-state index in [4.69, 9.17) is 24.3 Å². The average Bonchev–Trinajstić information content (AvgIpc) is 3.41. The van der Waals surface area contributed by atoms with Crippen LogP contribution in [-0.2, 0) is 35.2 Å². The third-order valence-corrected chi connectivity index (χ3v) is 12.4. The number of ether oxygens (including phenoxy) is 2. The first-order valence-corrected chi connectivity index (χ1v) is 22.2. The van der Waals surface area contributed by atoms with Crippen molar-refractivity contribution >= 4 is 19.2 Å². The van der Waals surface area contributed by atoms with E-state index in [9.17, 15) is 19.7 Å². The fraction of sp³-hybridized carbons (Fsp3) is 0.707. The minimum Gasteiger partial charge on any atom is -0.386 e. The molecule has 5 N–H and O–H groups in total. The predicted octanol–water partition coefficient (Wildman–Crippen LogP) is 7.31. The lowest BCUT2D eigenvalue weighted by Crippen LogP contribution is -2.46. The molecule has 14 heteroatoms. The Morgan fingerprint density at radius 2 is 1.53 bits per heavy atom. The van der Waals surface area contributed by atoms with Crippen LogP contribution in [0.4, 0.5) is 5.82 Å². The lowest BCUT2D eigenvalue weighted by atomic mass is 9.91. The van der Waals surface area contributed by atoms with Crippen molar-refractivity contribution in [3.05, 3.63) is 60.0 Å². The maximum absolute atomic E-state index is 13.2. The number of nitrogens with zero attached hydrogens (tertiary/aromatic N) is 4. The van der Waals surface area contributed by atoms with Gasteiger partial charge >= 0.3 is 7.82 Å². The molecule has 2 aliphatic rings. The molecule has 7 atom stereocenters. The third-order valence-electron chi connectivity index (χ3n) is 11.4. The molecule has 1 saturated heterocycles. The van der Waals surface area contributed by atoms with Crippen LogP contribution >= 0.6 is 7.82 Å². The Hall–Kier alpha value is -2.45. The Morgan fingerprint density at radius 3 is 2.11 bits per heavy atom. The fourth-order valence-electron chi connectivity index (χ4n) is 7.87. The molecular formula is C41H66N5O8P. The summed E-state index contributed by atoms with van der Waals surface area (Å²) in [6, 6.07) is 13.0. The smallest absolute Gasteiger partial charge is 0.386 e. The number of hydrogen-bond donors (Lipinski definition) is 4. The van der Waals surface area contributed by atoms with Crippen molar-refractivity contribution in [2.75, 3.05) is 32.6 Å². The molecule has 3 heterocycles. The maximum Gasteiger partial charge on any atom is 0.472 e. The summed E-state index contributed by atoms with van der Waals surface area (Å²) in [4.78, 5) is 16.8. The molecule has 1 aliphatic heterocycles. The van der Waals surface area contributed by atoms with Gasteiger partial charge in [-0.1, -0.05) is 134 Å². The van der Waals surface area contributed by atoms with Gasteiger partial charge in [-0.05, 0) is 38.1 Å². The van der Waals surface area contributed by atoms with Crippen molar-refractivity contribution in [1.82, 2.24) is 19.5 Å². The van der Waals surface area contributed by atoms with Crippen LogP contribution in [0.5, 0.6) is 0 Å². The largest absolute Gasteiger partial charge is 0.472 e. The van der Waals surface area contributed by atoms with Crippen LogP contribution in [0.1, 0.15) is 128 Å². The van der Waals surface area contributed by atoms with E-state index in [2.05, 4.69) is 17.0 Å². The van der Waals surface area contributed by atoms with Crippen molar-refractivity contribution in [2.45, 2.75) is 159 Å². The van der Waals surface area contributed by atoms with Crippen LogP contribution in [0.25, 0.3) is 5.52 Å². The molecule has 55 heavy (non-hydrogen) atoms. The minimum absolute atomic E-state index is 0.149. The number of phosphoric acid groups is 1. The maximum atomic E-state index is 13.2. The highest BCUT2D eigenvalue weighted by atomic mass is 31.2. The monoisotopic (exact) mass is 787 g/mol. The van der Waals surface area contributed by atoms with Crippen LogP contribution < -0.4 is 5.73 Å². The number of hydrogen-bond acceptors (Lipinski definition) is 11. The average molecular weight is 788 g/mol. The highest BCUT2D eigenvalue weighted by Crippen LogP contribution is 2.63. The highest BCUT2D eigenvalue weighted by molar-refractivity contribution is 7.47. The number of aliphatic hydroxyl groups excluding tert-OH is 1. The van der Waals surface area contributed by atoms with Crippen LogP contribution in [0, 0.1) is 0 Å². The SMILES string of the molecule is CCCCCCCCCCCCCCCCCCOC[C@H](COP(=O)(O)OC1[C@H]2O[C@@](C)(c3ccc4c(N)ncnn34)[C@H](O)[C@@]12O)N(C)Cc1ccccc1. The molecule has 1 aromatic carbocycles. The number of nitrogen functional groups attached to an aromatic ring is 1. The second-order valence-corrected chi connectivity index (χ2v) is 17.2. The number of benzene rings is 1. The molecule has 2 fully saturated rings. The lowest BCUT2D eigenvalue weighted by Gasteiger charge is -2.32. The summed E-state index contributed by atoms with van der Waals surface area (Å²) in [5.74, 6) is 0.249. The normalized spacial score (nSPS) is 25.0. The van der Waals surface area contributed by atoms with Crippen LogP contribution in [0.2, 0.25) is 0 Å². The second kappa shape index (κ2) is 20.8. The van der Waals surface area contributed by atoms with Crippen molar-refractivity contribution in [1.29, 1.82) is 0 Å². The molecule has 3 aromatic rings. The number of nitrogens with two attached hydrogens (primary N) is 1.